The summed E-state index contributed by atoms with van der Waals surface area (Å²) in [6.45, 7) is 5.48. The molecule has 0 heterocycles. The molecule has 4 rings (SSSR count). The molecule has 0 saturated heterocycles. The number of hydrogen-bond acceptors (Lipinski definition) is 16. The van der Waals surface area contributed by atoms with Crippen molar-refractivity contribution in [1.29, 1.82) is 21.0 Å². The van der Waals surface area contributed by atoms with Gasteiger partial charge in [0.15, 0.2) is 0 Å². The first-order valence-electron chi connectivity index (χ1n) is 20.2. The third-order valence-corrected chi connectivity index (χ3v) is 15.7. The Hall–Kier alpha value is -5.96. The molecule has 0 aromatic heterocycles. The molecule has 0 saturated carbocycles. The number of ether oxygens (including phenoxy) is 4. The summed E-state index contributed by atoms with van der Waals surface area (Å²) in [5, 5.41) is 51.7. The summed E-state index contributed by atoms with van der Waals surface area (Å²) in [6.07, 6.45) is -3.68. The summed E-state index contributed by atoms with van der Waals surface area (Å²) in [7, 11) is -10.1. The number of nitriles is 4. The number of hydrogen-bond donors (Lipinski definition) is 4. The third kappa shape index (κ3) is 21.3. The van der Waals surface area contributed by atoms with Crippen LogP contribution in [0.3, 0.4) is 0 Å². The molecule has 0 amide bonds. The van der Waals surface area contributed by atoms with E-state index in [1.165, 1.54) is 80.4 Å². The number of benzene rings is 4. The van der Waals surface area contributed by atoms with E-state index in [9.17, 15) is 51.2 Å². The monoisotopic (exact) mass is 1140 g/mol. The van der Waals surface area contributed by atoms with E-state index in [2.05, 4.69) is 0 Å². The van der Waals surface area contributed by atoms with Crippen molar-refractivity contribution in [2.75, 3.05) is 28.4 Å². The molecule has 0 bridgehead atoms. The van der Waals surface area contributed by atoms with E-state index in [-0.39, 0.29) is 44.5 Å². The van der Waals surface area contributed by atoms with Gasteiger partial charge in [0.05, 0.1) is 46.5 Å². The average Bonchev–Trinajstić information content (AvgIpc) is 3.30. The van der Waals surface area contributed by atoms with Crippen LogP contribution in [0.25, 0.3) is 0 Å². The van der Waals surface area contributed by atoms with Crippen LogP contribution in [0.1, 0.15) is 119 Å². The van der Waals surface area contributed by atoms with Crippen LogP contribution in [-0.4, -0.2) is 83.1 Å². The van der Waals surface area contributed by atoms with Gasteiger partial charge < -0.3 is 18.9 Å². The van der Waals surface area contributed by atoms with E-state index >= 15 is 0 Å². The van der Waals surface area contributed by atoms with Crippen LogP contribution in [0.4, 0.5) is 17.6 Å². The second kappa shape index (κ2) is 31.8. The maximum Gasteiger partial charge on any atom is 0.214 e. The Balaban J connectivity index is -0.000000909. The van der Waals surface area contributed by atoms with E-state index in [0.717, 1.165) is 48.5 Å². The van der Waals surface area contributed by atoms with Gasteiger partial charge in [-0.15, -0.1) is 0 Å². The first-order chi connectivity index (χ1) is 33.2. The third-order valence-electron chi connectivity index (χ3n) is 10.6. The van der Waals surface area contributed by atoms with Crippen molar-refractivity contribution in [2.24, 2.45) is 20.6 Å². The quantitative estimate of drug-likeness (QED) is 0.0913. The summed E-state index contributed by atoms with van der Waals surface area (Å²) < 4.78 is 163. The Labute approximate surface area is 438 Å². The molecular formula is C47H64F4N8O12S4. The zero-order chi connectivity index (χ0) is 55.7. The predicted octanol–water partition coefficient (Wildman–Crippen LogP) is 6.16. The maximum atomic E-state index is 13.0. The summed E-state index contributed by atoms with van der Waals surface area (Å²) in [4.78, 5) is 0. The topological polar surface area (TPSA) is 373 Å². The number of primary sulfonamides is 4. The Morgan fingerprint density at radius 1 is 0.373 bits per heavy atom. The number of halogens is 4. The molecule has 0 aliphatic rings. The fraction of sp³-hybridized carbons (Fsp3) is 0.404. The minimum absolute atomic E-state index is 0. The SMILES string of the molecule is C.C.C.CO[C@@H](c1ccc(F)cc1C#N)[C@@H](C)S(N)(=O)=O.CO[C@@H](c1ccc(F)cc1C#N)[C@H](C)S(N)(=O)=O.CO[C@H](c1ccc(F)cc1C#N)[C@@H](C)S(N)(=O)=O.CO[C@H](c1ccc(F)cc1C#N)[C@H](C)S(N)(=O)=O. The molecular weight excluding hydrogens is 1070 g/mol. The van der Waals surface area contributed by atoms with Crippen molar-refractivity contribution < 1.29 is 70.2 Å². The Morgan fingerprint density at radius 2 is 0.520 bits per heavy atom. The Bertz CT molecular complexity index is 2750. The van der Waals surface area contributed by atoms with Gasteiger partial charge in [-0.3, -0.25) is 0 Å². The fourth-order valence-electron chi connectivity index (χ4n) is 6.47. The van der Waals surface area contributed by atoms with Gasteiger partial charge in [-0.2, -0.15) is 21.0 Å². The van der Waals surface area contributed by atoms with Gasteiger partial charge in [0.1, 0.15) is 68.7 Å². The Morgan fingerprint density at radius 3 is 0.627 bits per heavy atom. The largest absolute Gasteiger partial charge is 0.375 e. The molecule has 8 N–H and O–H groups in total. The second-order valence-electron chi connectivity index (χ2n) is 15.2. The average molecular weight is 1140 g/mol. The van der Waals surface area contributed by atoms with Crippen LogP contribution < -0.4 is 20.6 Å². The van der Waals surface area contributed by atoms with Gasteiger partial charge in [0.2, 0.25) is 40.1 Å². The van der Waals surface area contributed by atoms with E-state index in [4.69, 9.17) is 60.6 Å². The highest BCUT2D eigenvalue weighted by Crippen LogP contribution is 2.31. The highest BCUT2D eigenvalue weighted by atomic mass is 32.2. The normalized spacial score (nSPS) is 14.2. The molecule has 75 heavy (non-hydrogen) atoms. The van der Waals surface area contributed by atoms with Crippen molar-refractivity contribution in [2.45, 2.75) is 95.4 Å². The van der Waals surface area contributed by atoms with E-state index in [0.29, 0.717) is 22.3 Å². The van der Waals surface area contributed by atoms with Crippen LogP contribution in [0.5, 0.6) is 0 Å². The molecule has 4 aromatic carbocycles. The number of methoxy groups -OCH3 is 4. The van der Waals surface area contributed by atoms with Gasteiger partial charge in [0, 0.05) is 50.7 Å². The minimum Gasteiger partial charge on any atom is -0.375 e. The van der Waals surface area contributed by atoms with Gasteiger partial charge in [-0.1, -0.05) is 46.5 Å². The second-order valence-corrected chi connectivity index (χ2v) is 22.9. The molecule has 4 aromatic rings. The smallest absolute Gasteiger partial charge is 0.214 e. The van der Waals surface area contributed by atoms with Gasteiger partial charge in [0.25, 0.3) is 0 Å². The number of nitrogens with two attached hydrogens (primary N) is 4. The predicted molar refractivity (Wildman–Crippen MR) is 274 cm³/mol. The van der Waals surface area contributed by atoms with Crippen LogP contribution in [0, 0.1) is 68.6 Å². The van der Waals surface area contributed by atoms with Crippen LogP contribution >= 0.6 is 0 Å². The zero-order valence-corrected chi connectivity index (χ0v) is 43.0. The van der Waals surface area contributed by atoms with Crippen LogP contribution in [0.2, 0.25) is 0 Å². The summed E-state index contributed by atoms with van der Waals surface area (Å²) >= 11 is 0. The lowest BCUT2D eigenvalue weighted by Crippen LogP contribution is -2.32. The Kier molecular flexibility index (Phi) is 31.1. The highest BCUT2D eigenvalue weighted by molar-refractivity contribution is 7.90. The fourth-order valence-corrected chi connectivity index (χ4v) is 8.88. The number of sulfonamides is 4. The van der Waals surface area contributed by atoms with Gasteiger partial charge in [-0.05, 0) is 76.2 Å². The lowest BCUT2D eigenvalue weighted by atomic mass is 10.0. The van der Waals surface area contributed by atoms with E-state index in [1.807, 2.05) is 0 Å². The van der Waals surface area contributed by atoms with Crippen LogP contribution in [-0.2, 0) is 59.0 Å². The van der Waals surface area contributed by atoms with Gasteiger partial charge >= 0.3 is 0 Å². The van der Waals surface area contributed by atoms with Gasteiger partial charge in [-0.25, -0.2) is 71.8 Å². The van der Waals surface area contributed by atoms with Crippen molar-refractivity contribution in [1.82, 2.24) is 0 Å². The first-order valence-corrected chi connectivity index (χ1v) is 26.6. The molecule has 0 unspecified atom stereocenters. The minimum atomic E-state index is -3.83. The van der Waals surface area contributed by atoms with Crippen molar-refractivity contribution in [3.8, 4) is 24.3 Å². The van der Waals surface area contributed by atoms with Crippen molar-refractivity contribution in [3.63, 3.8) is 0 Å². The molecule has 8 atom stereocenters. The summed E-state index contributed by atoms with van der Waals surface area (Å²) in [5.74, 6) is -2.30. The summed E-state index contributed by atoms with van der Waals surface area (Å²) in [6, 6.07) is 21.1. The molecule has 20 nitrogen and oxygen atoms in total. The molecule has 0 aliphatic carbocycles. The first kappa shape index (κ1) is 73.3. The lowest BCUT2D eigenvalue weighted by Gasteiger charge is -2.22. The lowest BCUT2D eigenvalue weighted by molar-refractivity contribution is 0.102. The highest BCUT2D eigenvalue weighted by Gasteiger charge is 2.33. The van der Waals surface area contributed by atoms with Crippen molar-refractivity contribution in [3.05, 3.63) is 141 Å². The zero-order valence-electron chi connectivity index (χ0n) is 39.7. The standard InChI is InChI=1S/4C11H13FN2O3S.3CH4/c4*1-7(18(14,15)16)11(17-2)10-4-3-9(12)5-8(10)6-13;;;/h4*3-5,7,11H,1-2H3,(H2,14,15,16);3*1H4/t2*7-,11+;2*7-,11-;;;/m1010.../s1. The molecule has 0 spiro atoms. The molecule has 28 heteroatoms. The van der Waals surface area contributed by atoms with Crippen molar-refractivity contribution >= 4 is 40.1 Å². The number of nitrogens with zero attached hydrogens (tertiary/aromatic N) is 4. The van der Waals surface area contributed by atoms with E-state index < -0.39 is 109 Å². The van der Waals surface area contributed by atoms with E-state index in [1.54, 1.807) is 24.3 Å². The summed E-state index contributed by atoms with van der Waals surface area (Å²) in [5.41, 5.74) is 1.28. The van der Waals surface area contributed by atoms with Crippen LogP contribution in [0.15, 0.2) is 72.8 Å². The number of rotatable bonds is 16. The molecule has 0 aliphatic heterocycles. The maximum absolute atomic E-state index is 13.0. The molecule has 0 fully saturated rings. The molecule has 0 radical (unpaired) electrons. The molecule has 416 valence electrons.